The van der Waals surface area contributed by atoms with Gasteiger partial charge >= 0.3 is 0 Å². The minimum Gasteiger partial charge on any atom is -0.488 e. The van der Waals surface area contributed by atoms with Gasteiger partial charge in [0.2, 0.25) is 0 Å². The first-order chi connectivity index (χ1) is 12.1. The van der Waals surface area contributed by atoms with Crippen molar-refractivity contribution in [2.24, 2.45) is 0 Å². The summed E-state index contributed by atoms with van der Waals surface area (Å²) in [6.07, 6.45) is 4.13. The van der Waals surface area contributed by atoms with Crippen molar-refractivity contribution in [3.05, 3.63) is 34.0 Å². The van der Waals surface area contributed by atoms with E-state index in [0.717, 1.165) is 39.3 Å². The Hall–Kier alpha value is -2.16. The Balaban J connectivity index is 1.70. The van der Waals surface area contributed by atoms with Crippen LogP contribution in [0, 0.1) is 0 Å². The molecule has 0 aromatic carbocycles. The number of β-amino-alcohol motifs (C(OH)–C–C–N with tert-alkyl or cyclic N) is 1. The lowest BCUT2D eigenvalue weighted by Crippen LogP contribution is -2.50. The number of rotatable bonds is 3. The Morgan fingerprint density at radius 1 is 1.48 bits per heavy atom. The minimum absolute atomic E-state index is 0.0441. The third-order valence-corrected chi connectivity index (χ3v) is 6.11. The summed E-state index contributed by atoms with van der Waals surface area (Å²) in [5.41, 5.74) is 2.96. The number of hydrogen-bond donors (Lipinski definition) is 3. The van der Waals surface area contributed by atoms with Crippen LogP contribution >= 0.6 is 11.3 Å². The number of ether oxygens (including phenoxy) is 1. The molecule has 1 saturated heterocycles. The molecule has 0 radical (unpaired) electrons. The van der Waals surface area contributed by atoms with Crippen molar-refractivity contribution in [1.29, 1.82) is 0 Å². The SMILES string of the molecule is CC1Cc2c(CN3CC(O)C3)[nH]c(=O)c3sc(-c4cn[nH]c4)c(c23)O1. The van der Waals surface area contributed by atoms with Crippen LogP contribution in [0.3, 0.4) is 0 Å². The molecule has 0 amide bonds. The molecule has 25 heavy (non-hydrogen) atoms. The number of nitrogens with one attached hydrogen (secondary N) is 2. The molecule has 1 atom stereocenters. The van der Waals surface area contributed by atoms with Crippen molar-refractivity contribution in [2.75, 3.05) is 13.1 Å². The standard InChI is InChI=1S/C17H18N4O3S/c1-8-2-11-12(7-21-5-10(22)6-21)20-17(23)16-13(11)14(24-8)15(25-16)9-3-18-19-4-9/h3-4,8,10,22H,2,5-7H2,1H3,(H,18,19)(H,20,23). The maximum Gasteiger partial charge on any atom is 0.266 e. The van der Waals surface area contributed by atoms with Crippen LogP contribution in [0.15, 0.2) is 17.2 Å². The Kier molecular flexibility index (Phi) is 3.28. The minimum atomic E-state index is -0.251. The quantitative estimate of drug-likeness (QED) is 0.659. The maximum absolute atomic E-state index is 12.7. The zero-order valence-electron chi connectivity index (χ0n) is 13.7. The summed E-state index contributed by atoms with van der Waals surface area (Å²) in [7, 11) is 0. The third kappa shape index (κ3) is 2.32. The van der Waals surface area contributed by atoms with Gasteiger partial charge in [-0.25, -0.2) is 0 Å². The van der Waals surface area contributed by atoms with Gasteiger partial charge in [0.25, 0.3) is 5.56 Å². The summed E-state index contributed by atoms with van der Waals surface area (Å²) in [5.74, 6) is 0.797. The van der Waals surface area contributed by atoms with Crippen molar-refractivity contribution < 1.29 is 9.84 Å². The molecule has 0 spiro atoms. The van der Waals surface area contributed by atoms with Crippen LogP contribution in [0.5, 0.6) is 5.75 Å². The van der Waals surface area contributed by atoms with Crippen LogP contribution in [-0.2, 0) is 13.0 Å². The fraction of sp³-hybridized carbons (Fsp3) is 0.412. The second kappa shape index (κ2) is 5.42. The first kappa shape index (κ1) is 15.1. The maximum atomic E-state index is 12.7. The average molecular weight is 358 g/mol. The van der Waals surface area contributed by atoms with Crippen molar-refractivity contribution in [3.63, 3.8) is 0 Å². The van der Waals surface area contributed by atoms with E-state index in [0.29, 0.717) is 24.3 Å². The molecule has 2 aliphatic heterocycles. The molecule has 3 N–H and O–H groups in total. The number of aliphatic hydroxyl groups is 1. The van der Waals surface area contributed by atoms with Crippen LogP contribution in [0.4, 0.5) is 0 Å². The molecule has 3 aromatic rings. The third-order valence-electron chi connectivity index (χ3n) is 4.89. The molecule has 0 aliphatic carbocycles. The highest BCUT2D eigenvalue weighted by Crippen LogP contribution is 2.47. The number of likely N-dealkylation sites (tertiary alicyclic amines) is 1. The summed E-state index contributed by atoms with van der Waals surface area (Å²) < 4.78 is 6.84. The summed E-state index contributed by atoms with van der Waals surface area (Å²) >= 11 is 1.45. The smallest absolute Gasteiger partial charge is 0.266 e. The van der Waals surface area contributed by atoms with Crippen LogP contribution in [-0.4, -0.2) is 50.5 Å². The van der Waals surface area contributed by atoms with E-state index in [-0.39, 0.29) is 17.8 Å². The van der Waals surface area contributed by atoms with Gasteiger partial charge in [-0.15, -0.1) is 11.3 Å². The van der Waals surface area contributed by atoms with Gasteiger partial charge in [0.05, 0.1) is 17.2 Å². The normalized spacial score (nSPS) is 20.6. The molecule has 1 fully saturated rings. The van der Waals surface area contributed by atoms with E-state index in [1.807, 2.05) is 13.1 Å². The van der Waals surface area contributed by atoms with Gasteiger partial charge in [-0.2, -0.15) is 5.10 Å². The van der Waals surface area contributed by atoms with E-state index < -0.39 is 0 Å². The highest BCUT2D eigenvalue weighted by molar-refractivity contribution is 7.22. The van der Waals surface area contributed by atoms with E-state index in [1.165, 1.54) is 11.3 Å². The van der Waals surface area contributed by atoms with Gasteiger partial charge in [0.1, 0.15) is 16.6 Å². The van der Waals surface area contributed by atoms with Crippen LogP contribution in [0.25, 0.3) is 20.5 Å². The van der Waals surface area contributed by atoms with Gasteiger partial charge in [-0.3, -0.25) is 14.8 Å². The van der Waals surface area contributed by atoms with Crippen molar-refractivity contribution in [1.82, 2.24) is 20.1 Å². The van der Waals surface area contributed by atoms with E-state index in [9.17, 15) is 9.90 Å². The van der Waals surface area contributed by atoms with E-state index in [1.54, 1.807) is 6.20 Å². The molecular formula is C17H18N4O3S. The number of pyridine rings is 1. The largest absolute Gasteiger partial charge is 0.488 e. The summed E-state index contributed by atoms with van der Waals surface area (Å²) in [5, 5.41) is 17.3. The van der Waals surface area contributed by atoms with Crippen molar-refractivity contribution in [3.8, 4) is 16.2 Å². The predicted octanol–water partition coefficient (Wildman–Crippen LogP) is 1.48. The molecule has 5 rings (SSSR count). The highest BCUT2D eigenvalue weighted by atomic mass is 32.1. The molecule has 2 aliphatic rings. The fourth-order valence-corrected chi connectivity index (χ4v) is 4.87. The van der Waals surface area contributed by atoms with E-state index in [4.69, 9.17) is 4.74 Å². The van der Waals surface area contributed by atoms with Crippen LogP contribution < -0.4 is 10.3 Å². The van der Waals surface area contributed by atoms with Gasteiger partial charge in [0.15, 0.2) is 0 Å². The molecule has 0 saturated carbocycles. The lowest BCUT2D eigenvalue weighted by molar-refractivity contribution is -0.00378. The molecular weight excluding hydrogens is 340 g/mol. The zero-order valence-corrected chi connectivity index (χ0v) is 14.5. The molecule has 1 unspecified atom stereocenters. The summed E-state index contributed by atoms with van der Waals surface area (Å²) in [6.45, 7) is 4.01. The first-order valence-corrected chi connectivity index (χ1v) is 9.18. The predicted molar refractivity (Wildman–Crippen MR) is 95.1 cm³/mol. The first-order valence-electron chi connectivity index (χ1n) is 8.37. The topological polar surface area (TPSA) is 94.2 Å². The van der Waals surface area contributed by atoms with Crippen LogP contribution in [0.1, 0.15) is 18.2 Å². The van der Waals surface area contributed by atoms with Gasteiger partial charge in [-0.1, -0.05) is 0 Å². The summed E-state index contributed by atoms with van der Waals surface area (Å²) in [4.78, 5) is 18.8. The molecule has 7 nitrogen and oxygen atoms in total. The van der Waals surface area contributed by atoms with Crippen molar-refractivity contribution in [2.45, 2.75) is 32.1 Å². The lowest BCUT2D eigenvalue weighted by atomic mass is 9.98. The van der Waals surface area contributed by atoms with Gasteiger partial charge in [0, 0.05) is 48.9 Å². The average Bonchev–Trinajstić information content (AvgIpc) is 3.18. The van der Waals surface area contributed by atoms with Gasteiger partial charge in [-0.05, 0) is 12.5 Å². The fourth-order valence-electron chi connectivity index (χ4n) is 3.73. The van der Waals surface area contributed by atoms with E-state index in [2.05, 4.69) is 20.1 Å². The highest BCUT2D eigenvalue weighted by Gasteiger charge is 2.31. The molecule has 0 bridgehead atoms. The molecule has 8 heteroatoms. The number of thiophene rings is 1. The number of aromatic amines is 2. The van der Waals surface area contributed by atoms with Crippen molar-refractivity contribution >= 4 is 21.4 Å². The number of nitrogens with zero attached hydrogens (tertiary/aromatic N) is 2. The van der Waals surface area contributed by atoms with Crippen LogP contribution in [0.2, 0.25) is 0 Å². The number of aromatic nitrogens is 3. The Bertz CT molecular complexity index is 1000. The Morgan fingerprint density at radius 2 is 2.32 bits per heavy atom. The molecule has 130 valence electrons. The van der Waals surface area contributed by atoms with E-state index >= 15 is 0 Å². The summed E-state index contributed by atoms with van der Waals surface area (Å²) in [6, 6.07) is 0. The molecule has 5 heterocycles. The Labute approximate surface area is 147 Å². The number of aliphatic hydroxyl groups excluding tert-OH is 1. The second-order valence-corrected chi connectivity index (χ2v) is 7.86. The zero-order chi connectivity index (χ0) is 17.1. The monoisotopic (exact) mass is 358 g/mol. The second-order valence-electron chi connectivity index (χ2n) is 6.84. The number of hydrogen-bond acceptors (Lipinski definition) is 6. The Morgan fingerprint density at radius 3 is 3.04 bits per heavy atom. The van der Waals surface area contributed by atoms with Gasteiger partial charge < -0.3 is 14.8 Å². The molecule has 3 aromatic heterocycles. The lowest BCUT2D eigenvalue weighted by Gasteiger charge is -2.36. The number of H-pyrrole nitrogens is 2.